The number of benzene rings is 1. The van der Waals surface area contributed by atoms with Crippen molar-refractivity contribution in [3.05, 3.63) is 58.7 Å². The Morgan fingerprint density at radius 2 is 1.31 bits per heavy atom. The summed E-state index contributed by atoms with van der Waals surface area (Å²) in [5, 5.41) is 14.8. The standard InChI is InChI=1S/C24H34N8/c1-17-25-23(29-27-17)21-8-4-10-31(15-21)13-19-6-3-7-20(12-19)14-32-11-5-9-22(16-32)24-26-18(2)28-30-24/h3,6-7,12,21-22H,4-5,8-11,13-16H2,1-2H3,(H,25,27,29)(H,26,28,30). The maximum Gasteiger partial charge on any atom is 0.155 e. The molecule has 8 nitrogen and oxygen atoms in total. The monoisotopic (exact) mass is 434 g/mol. The van der Waals surface area contributed by atoms with Crippen molar-refractivity contribution < 1.29 is 0 Å². The van der Waals surface area contributed by atoms with Gasteiger partial charge in [-0.15, -0.1) is 0 Å². The van der Waals surface area contributed by atoms with Gasteiger partial charge in [-0.3, -0.25) is 20.0 Å². The van der Waals surface area contributed by atoms with Gasteiger partial charge in [-0.2, -0.15) is 10.2 Å². The molecular formula is C24H34N8. The normalized spacial score (nSPS) is 22.9. The van der Waals surface area contributed by atoms with Crippen LogP contribution in [-0.4, -0.2) is 66.3 Å². The Morgan fingerprint density at radius 1 is 0.812 bits per heavy atom. The molecule has 2 N–H and O–H groups in total. The second-order valence-electron chi connectivity index (χ2n) is 9.53. The van der Waals surface area contributed by atoms with Gasteiger partial charge >= 0.3 is 0 Å². The zero-order valence-electron chi connectivity index (χ0n) is 19.2. The first kappa shape index (κ1) is 21.3. The maximum atomic E-state index is 4.57. The smallest absolute Gasteiger partial charge is 0.155 e. The number of nitrogens with one attached hydrogen (secondary N) is 2. The highest BCUT2D eigenvalue weighted by Gasteiger charge is 2.26. The van der Waals surface area contributed by atoms with Crippen LogP contribution in [-0.2, 0) is 13.1 Å². The minimum absolute atomic E-state index is 0.432. The molecule has 2 atom stereocenters. The molecule has 0 saturated carbocycles. The average molecular weight is 435 g/mol. The molecule has 2 aromatic heterocycles. The lowest BCUT2D eigenvalue weighted by Crippen LogP contribution is -2.35. The predicted octanol–water partition coefficient (Wildman–Crippen LogP) is 3.30. The lowest BCUT2D eigenvalue weighted by molar-refractivity contribution is 0.194. The fraction of sp³-hybridized carbons (Fsp3) is 0.583. The maximum absolute atomic E-state index is 4.57. The Hall–Kier alpha value is -2.58. The van der Waals surface area contributed by atoms with E-state index in [1.807, 2.05) is 13.8 Å². The van der Waals surface area contributed by atoms with Gasteiger partial charge in [0.2, 0.25) is 0 Å². The number of H-pyrrole nitrogens is 2. The topological polar surface area (TPSA) is 89.6 Å². The second-order valence-corrected chi connectivity index (χ2v) is 9.53. The molecule has 1 aromatic carbocycles. The van der Waals surface area contributed by atoms with E-state index in [4.69, 9.17) is 0 Å². The van der Waals surface area contributed by atoms with Crippen LogP contribution < -0.4 is 0 Å². The lowest BCUT2D eigenvalue weighted by Gasteiger charge is -2.32. The molecule has 3 aromatic rings. The minimum Gasteiger partial charge on any atom is -0.298 e. The molecule has 0 radical (unpaired) electrons. The van der Waals surface area contributed by atoms with E-state index in [2.05, 4.69) is 64.4 Å². The van der Waals surface area contributed by atoms with Crippen LogP contribution in [0.4, 0.5) is 0 Å². The van der Waals surface area contributed by atoms with Crippen molar-refractivity contribution in [3.63, 3.8) is 0 Å². The summed E-state index contributed by atoms with van der Waals surface area (Å²) in [6.45, 7) is 10.3. The molecule has 2 fully saturated rings. The molecule has 0 spiro atoms. The van der Waals surface area contributed by atoms with Crippen molar-refractivity contribution in [2.75, 3.05) is 26.2 Å². The Balaban J connectivity index is 1.19. The Morgan fingerprint density at radius 3 is 1.75 bits per heavy atom. The van der Waals surface area contributed by atoms with E-state index in [0.29, 0.717) is 11.8 Å². The zero-order valence-corrected chi connectivity index (χ0v) is 19.2. The van der Waals surface area contributed by atoms with E-state index < -0.39 is 0 Å². The minimum atomic E-state index is 0.432. The lowest BCUT2D eigenvalue weighted by atomic mass is 9.96. The van der Waals surface area contributed by atoms with Gasteiger partial charge in [0.15, 0.2) is 11.6 Å². The summed E-state index contributed by atoms with van der Waals surface area (Å²) in [6, 6.07) is 9.13. The highest BCUT2D eigenvalue weighted by Crippen LogP contribution is 2.27. The van der Waals surface area contributed by atoms with Crippen molar-refractivity contribution in [1.82, 2.24) is 40.2 Å². The molecular weight excluding hydrogens is 400 g/mol. The molecule has 2 aliphatic heterocycles. The number of rotatable bonds is 6. The van der Waals surface area contributed by atoms with E-state index in [0.717, 1.165) is 62.6 Å². The summed E-state index contributed by atoms with van der Waals surface area (Å²) in [5.74, 6) is 4.62. The second kappa shape index (κ2) is 9.50. The largest absolute Gasteiger partial charge is 0.298 e. The van der Waals surface area contributed by atoms with E-state index in [1.165, 1.54) is 36.8 Å². The molecule has 0 bridgehead atoms. The summed E-state index contributed by atoms with van der Waals surface area (Å²) in [4.78, 5) is 14.3. The van der Waals surface area contributed by atoms with Crippen LogP contribution in [0.2, 0.25) is 0 Å². The van der Waals surface area contributed by atoms with Crippen LogP contribution >= 0.6 is 0 Å². The molecule has 0 aliphatic carbocycles. The molecule has 8 heteroatoms. The fourth-order valence-electron chi connectivity index (χ4n) is 5.25. The van der Waals surface area contributed by atoms with Crippen LogP contribution in [0.3, 0.4) is 0 Å². The highest BCUT2D eigenvalue weighted by atomic mass is 15.2. The fourth-order valence-corrected chi connectivity index (χ4v) is 5.25. The van der Waals surface area contributed by atoms with Gasteiger partial charge < -0.3 is 0 Å². The third kappa shape index (κ3) is 5.07. The molecule has 5 rings (SSSR count). The summed E-state index contributed by atoms with van der Waals surface area (Å²) < 4.78 is 0. The Labute approximate surface area is 189 Å². The number of likely N-dealkylation sites (tertiary alicyclic amines) is 2. The molecule has 2 saturated heterocycles. The quantitative estimate of drug-likeness (QED) is 0.619. The number of hydrogen-bond acceptors (Lipinski definition) is 6. The van der Waals surface area contributed by atoms with Gasteiger partial charge in [0, 0.05) is 38.0 Å². The van der Waals surface area contributed by atoms with Crippen molar-refractivity contribution in [2.24, 2.45) is 0 Å². The van der Waals surface area contributed by atoms with E-state index in [1.54, 1.807) is 0 Å². The van der Waals surface area contributed by atoms with Crippen molar-refractivity contribution in [2.45, 2.75) is 64.5 Å². The van der Waals surface area contributed by atoms with E-state index in [9.17, 15) is 0 Å². The molecule has 0 amide bonds. The van der Waals surface area contributed by atoms with Crippen LogP contribution in [0.5, 0.6) is 0 Å². The molecule has 32 heavy (non-hydrogen) atoms. The van der Waals surface area contributed by atoms with Crippen molar-refractivity contribution in [3.8, 4) is 0 Å². The molecule has 2 aliphatic rings. The zero-order chi connectivity index (χ0) is 21.9. The van der Waals surface area contributed by atoms with Crippen LogP contribution in [0.15, 0.2) is 24.3 Å². The van der Waals surface area contributed by atoms with Gasteiger partial charge in [0.25, 0.3) is 0 Å². The molecule has 170 valence electrons. The number of piperidine rings is 2. The van der Waals surface area contributed by atoms with Crippen molar-refractivity contribution in [1.29, 1.82) is 0 Å². The first-order chi connectivity index (χ1) is 15.6. The third-order valence-electron chi connectivity index (χ3n) is 6.77. The number of aryl methyl sites for hydroxylation is 2. The SMILES string of the molecule is Cc1nc(C2CCCN(Cc3cccc(CN4CCCC(c5n[nH]c(C)n5)C4)c3)C2)n[nH]1. The van der Waals surface area contributed by atoms with Gasteiger partial charge in [0.05, 0.1) is 0 Å². The summed E-state index contributed by atoms with van der Waals surface area (Å²) >= 11 is 0. The van der Waals surface area contributed by atoms with Gasteiger partial charge in [-0.1, -0.05) is 24.3 Å². The van der Waals surface area contributed by atoms with E-state index in [-0.39, 0.29) is 0 Å². The van der Waals surface area contributed by atoms with Gasteiger partial charge in [0.1, 0.15) is 11.6 Å². The first-order valence-corrected chi connectivity index (χ1v) is 11.9. The van der Waals surface area contributed by atoms with Gasteiger partial charge in [-0.25, -0.2) is 9.97 Å². The summed E-state index contributed by atoms with van der Waals surface area (Å²) in [6.07, 6.45) is 4.75. The summed E-state index contributed by atoms with van der Waals surface area (Å²) in [5.41, 5.74) is 2.79. The summed E-state index contributed by atoms with van der Waals surface area (Å²) in [7, 11) is 0. The third-order valence-corrected chi connectivity index (χ3v) is 6.77. The van der Waals surface area contributed by atoms with Crippen LogP contribution in [0, 0.1) is 13.8 Å². The van der Waals surface area contributed by atoms with Gasteiger partial charge in [-0.05, 0) is 63.7 Å². The first-order valence-electron chi connectivity index (χ1n) is 11.9. The Kier molecular flexibility index (Phi) is 6.32. The average Bonchev–Trinajstić information content (AvgIpc) is 3.43. The number of aromatic amines is 2. The molecule has 4 heterocycles. The van der Waals surface area contributed by atoms with Crippen molar-refractivity contribution >= 4 is 0 Å². The van der Waals surface area contributed by atoms with Crippen LogP contribution in [0.1, 0.15) is 71.9 Å². The predicted molar refractivity (Wildman–Crippen MR) is 123 cm³/mol. The van der Waals surface area contributed by atoms with E-state index >= 15 is 0 Å². The number of nitrogens with zero attached hydrogens (tertiary/aromatic N) is 6. The number of hydrogen-bond donors (Lipinski definition) is 2. The highest BCUT2D eigenvalue weighted by molar-refractivity contribution is 5.24. The Bertz CT molecular complexity index is 947. The molecule has 2 unspecified atom stereocenters. The number of aromatic nitrogens is 6. The van der Waals surface area contributed by atoms with Crippen LogP contribution in [0.25, 0.3) is 0 Å².